The Bertz CT molecular complexity index is 1830. The van der Waals surface area contributed by atoms with Crippen LogP contribution in [0.4, 0.5) is 0 Å². The van der Waals surface area contributed by atoms with Gasteiger partial charge in [0.2, 0.25) is 0 Å². The number of para-hydroxylation sites is 2. The maximum absolute atomic E-state index is 13.3. The van der Waals surface area contributed by atoms with Crippen LogP contribution in [0.5, 0.6) is 0 Å². The van der Waals surface area contributed by atoms with Crippen molar-refractivity contribution in [3.63, 3.8) is 0 Å². The molecule has 180 valence electrons. The lowest BCUT2D eigenvalue weighted by Gasteiger charge is -2.48. The quantitative estimate of drug-likeness (QED) is 0.373. The minimum Gasteiger partial charge on any atom is -0.375 e. The summed E-state index contributed by atoms with van der Waals surface area (Å²) in [7, 11) is 3.67. The lowest BCUT2D eigenvalue weighted by molar-refractivity contribution is -0.256. The first-order valence-electron chi connectivity index (χ1n) is 12.3. The van der Waals surface area contributed by atoms with E-state index in [0.29, 0.717) is 17.5 Å². The fourth-order valence-electron chi connectivity index (χ4n) is 7.25. The maximum atomic E-state index is 13.3. The highest BCUT2D eigenvalue weighted by Crippen LogP contribution is 2.53. The van der Waals surface area contributed by atoms with Gasteiger partial charge in [0.15, 0.2) is 5.72 Å². The normalized spacial score (nSPS) is 26.9. The van der Waals surface area contributed by atoms with Crippen LogP contribution in [0.15, 0.2) is 48.5 Å². The molecule has 1 unspecified atom stereocenters. The highest BCUT2D eigenvalue weighted by Gasteiger charge is 2.53. The Morgan fingerprint density at radius 1 is 0.972 bits per heavy atom. The molecule has 36 heavy (non-hydrogen) atoms. The Labute approximate surface area is 205 Å². The van der Waals surface area contributed by atoms with E-state index in [0.717, 1.165) is 43.6 Å². The number of aromatic nitrogens is 2. The number of hydrogen-bond donors (Lipinski definition) is 2. The predicted octanol–water partition coefficient (Wildman–Crippen LogP) is 3.99. The molecule has 2 bridgehead atoms. The van der Waals surface area contributed by atoms with Crippen molar-refractivity contribution in [1.82, 2.24) is 19.8 Å². The molecular weight excluding hydrogens is 456 g/mol. The zero-order chi connectivity index (χ0) is 24.5. The highest BCUT2D eigenvalue weighted by molar-refractivity contribution is 6.39. The number of ether oxygens (including phenoxy) is 2. The molecule has 4 atom stereocenters. The van der Waals surface area contributed by atoms with E-state index in [2.05, 4.69) is 38.8 Å². The monoisotopic (exact) mass is 480 g/mol. The summed E-state index contributed by atoms with van der Waals surface area (Å²) >= 11 is 0. The molecule has 3 aliphatic heterocycles. The number of carbonyl (C=O) groups excluding carboxylic acids is 2. The van der Waals surface area contributed by atoms with Gasteiger partial charge in [0, 0.05) is 41.1 Å². The van der Waals surface area contributed by atoms with Gasteiger partial charge >= 0.3 is 0 Å². The van der Waals surface area contributed by atoms with E-state index in [-0.39, 0.29) is 30.2 Å². The van der Waals surface area contributed by atoms with Crippen LogP contribution < -0.4 is 10.6 Å². The number of rotatable bonds is 2. The Morgan fingerprint density at radius 2 is 1.58 bits per heavy atom. The van der Waals surface area contributed by atoms with E-state index in [1.54, 1.807) is 7.11 Å². The number of fused-ring (bicyclic) bond motifs is 13. The van der Waals surface area contributed by atoms with Gasteiger partial charge in [0.25, 0.3) is 11.8 Å². The number of hydrogen-bond acceptors (Lipinski definition) is 5. The molecule has 8 nitrogen and oxygen atoms in total. The second kappa shape index (κ2) is 6.53. The number of carbonyl (C=O) groups is 2. The number of likely N-dealkylation sites (N-methyl/N-ethyl adjacent to an activating group) is 1. The second-order valence-corrected chi connectivity index (χ2v) is 10.1. The minimum absolute atomic E-state index is 0.0114. The van der Waals surface area contributed by atoms with Crippen LogP contribution in [0.2, 0.25) is 0 Å². The van der Waals surface area contributed by atoms with Gasteiger partial charge in [-0.2, -0.15) is 0 Å². The van der Waals surface area contributed by atoms with Crippen molar-refractivity contribution < 1.29 is 19.1 Å². The molecule has 1 saturated heterocycles. The Hall–Kier alpha value is -3.72. The summed E-state index contributed by atoms with van der Waals surface area (Å²) in [5.74, 6) is -0.704. The van der Waals surface area contributed by atoms with Crippen LogP contribution in [0.3, 0.4) is 0 Å². The van der Waals surface area contributed by atoms with Crippen LogP contribution in [-0.4, -0.2) is 47.3 Å². The van der Waals surface area contributed by atoms with Gasteiger partial charge < -0.3 is 23.9 Å². The number of amides is 2. The molecule has 2 N–H and O–H groups in total. The third kappa shape index (κ3) is 2.10. The van der Waals surface area contributed by atoms with E-state index >= 15 is 0 Å². The number of nitrogens with zero attached hydrogens (tertiary/aromatic N) is 2. The summed E-state index contributed by atoms with van der Waals surface area (Å²) in [6.07, 6.45) is 0.0823. The Balaban J connectivity index is 1.74. The lowest BCUT2D eigenvalue weighted by Crippen LogP contribution is -2.59. The first-order valence-corrected chi connectivity index (χ1v) is 12.3. The molecular formula is C28H24N4O4. The van der Waals surface area contributed by atoms with Gasteiger partial charge in [-0.05, 0) is 26.1 Å². The number of benzene rings is 3. The number of nitrogens with one attached hydrogen (secondary N) is 2. The zero-order valence-corrected chi connectivity index (χ0v) is 20.1. The summed E-state index contributed by atoms with van der Waals surface area (Å²) in [6.45, 7) is 2.07. The molecule has 0 radical (unpaired) electrons. The van der Waals surface area contributed by atoms with E-state index < -0.39 is 5.72 Å². The first-order chi connectivity index (χ1) is 17.5. The molecule has 8 heteroatoms. The van der Waals surface area contributed by atoms with Gasteiger partial charge in [0.1, 0.15) is 12.3 Å². The van der Waals surface area contributed by atoms with Gasteiger partial charge in [-0.15, -0.1) is 0 Å². The van der Waals surface area contributed by atoms with Crippen molar-refractivity contribution in [2.24, 2.45) is 0 Å². The van der Waals surface area contributed by atoms with Gasteiger partial charge in [-0.1, -0.05) is 36.4 Å². The van der Waals surface area contributed by atoms with Crippen molar-refractivity contribution >= 4 is 55.4 Å². The third-order valence-corrected chi connectivity index (χ3v) is 8.52. The van der Waals surface area contributed by atoms with E-state index in [1.807, 2.05) is 43.4 Å². The summed E-state index contributed by atoms with van der Waals surface area (Å²) in [4.78, 5) is 26.7. The molecule has 3 aliphatic rings. The molecule has 5 aromatic rings. The summed E-state index contributed by atoms with van der Waals surface area (Å²) in [6, 6.07) is 16.1. The van der Waals surface area contributed by atoms with Crippen molar-refractivity contribution in [2.75, 3.05) is 14.2 Å². The molecule has 2 aromatic heterocycles. The second-order valence-electron chi connectivity index (χ2n) is 10.1. The van der Waals surface area contributed by atoms with Crippen LogP contribution in [0.1, 0.15) is 40.3 Å². The standard InChI is InChI=1S/C28H24N4O4/c1-28-25(35-3)15(29-2)12-18(36-28)31-16-10-6-4-8-13(16)19-21-22(27(34)30-26(21)33)20-14-9-5-7-11-17(14)32(28)24(20)23(19)31/h4-11,15,18,25,29H,12H2,1-3H3,(H,30,33,34)/t15-,18?,25+,28+/m0/s1. The van der Waals surface area contributed by atoms with Crippen LogP contribution in [0.25, 0.3) is 43.6 Å². The first kappa shape index (κ1) is 20.5. The zero-order valence-electron chi connectivity index (χ0n) is 20.1. The highest BCUT2D eigenvalue weighted by atomic mass is 16.6. The summed E-state index contributed by atoms with van der Waals surface area (Å²) in [5, 5.41) is 9.49. The molecule has 0 aliphatic carbocycles. The fraction of sp³-hybridized carbons (Fsp3) is 0.286. The average Bonchev–Trinajstić information content (AvgIpc) is 3.48. The number of imide groups is 1. The molecule has 3 aromatic carbocycles. The van der Waals surface area contributed by atoms with Gasteiger partial charge in [0.05, 0.1) is 33.2 Å². The predicted molar refractivity (Wildman–Crippen MR) is 136 cm³/mol. The molecule has 8 rings (SSSR count). The Kier molecular flexibility index (Phi) is 3.71. The number of methoxy groups -OCH3 is 1. The summed E-state index contributed by atoms with van der Waals surface area (Å²) < 4.78 is 17.6. The Morgan fingerprint density at radius 3 is 2.25 bits per heavy atom. The average molecular weight is 481 g/mol. The van der Waals surface area contributed by atoms with Crippen LogP contribution in [-0.2, 0) is 15.2 Å². The molecule has 1 fully saturated rings. The largest absolute Gasteiger partial charge is 0.375 e. The summed E-state index contributed by atoms with van der Waals surface area (Å²) in [5.41, 5.74) is 3.75. The van der Waals surface area contributed by atoms with Crippen molar-refractivity contribution in [3.05, 3.63) is 59.7 Å². The smallest absolute Gasteiger partial charge is 0.259 e. The van der Waals surface area contributed by atoms with E-state index in [1.165, 1.54) is 0 Å². The van der Waals surface area contributed by atoms with Gasteiger partial charge in [-0.25, -0.2) is 0 Å². The lowest BCUT2D eigenvalue weighted by atomic mass is 9.93. The third-order valence-electron chi connectivity index (χ3n) is 8.52. The van der Waals surface area contributed by atoms with E-state index in [4.69, 9.17) is 9.47 Å². The molecule has 0 spiro atoms. The van der Waals surface area contributed by atoms with Gasteiger partial charge in [-0.3, -0.25) is 14.9 Å². The van der Waals surface area contributed by atoms with Crippen molar-refractivity contribution in [1.29, 1.82) is 0 Å². The topological polar surface area (TPSA) is 86.5 Å². The van der Waals surface area contributed by atoms with Crippen LogP contribution >= 0.6 is 0 Å². The maximum Gasteiger partial charge on any atom is 0.259 e. The SMILES string of the molecule is CN[C@H]1CC2O[C@](C)([C@@H]1OC)n1c3ccccc3c3c4c(c5c6ccccc6n2c5c31)C(=O)NC4=O. The molecule has 2 amide bonds. The van der Waals surface area contributed by atoms with Crippen LogP contribution in [0, 0.1) is 0 Å². The molecule has 0 saturated carbocycles. The minimum atomic E-state index is -0.882. The van der Waals surface area contributed by atoms with Crippen molar-refractivity contribution in [2.45, 2.75) is 37.4 Å². The fourth-order valence-corrected chi connectivity index (χ4v) is 7.25. The van der Waals surface area contributed by atoms with Crippen molar-refractivity contribution in [3.8, 4) is 0 Å². The molecule has 5 heterocycles. The van der Waals surface area contributed by atoms with E-state index in [9.17, 15) is 9.59 Å².